The summed E-state index contributed by atoms with van der Waals surface area (Å²) in [5, 5.41) is 9.59. The number of carbonyl (C=O) groups excluding carboxylic acids is 2. The van der Waals surface area contributed by atoms with Gasteiger partial charge in [0, 0.05) is 18.9 Å². The van der Waals surface area contributed by atoms with E-state index in [0.29, 0.717) is 25.7 Å². The van der Waals surface area contributed by atoms with Crippen LogP contribution in [-0.4, -0.2) is 45.5 Å². The van der Waals surface area contributed by atoms with Crippen molar-refractivity contribution in [1.82, 2.24) is 4.90 Å². The molecule has 2 aliphatic rings. The summed E-state index contributed by atoms with van der Waals surface area (Å²) >= 11 is 0. The fourth-order valence-electron chi connectivity index (χ4n) is 4.01. The van der Waals surface area contributed by atoms with Crippen LogP contribution in [0.4, 0.5) is 4.79 Å². The van der Waals surface area contributed by atoms with Crippen molar-refractivity contribution < 1.29 is 24.2 Å². The number of hydrogen-bond donors (Lipinski definition) is 1. The number of carbonyl (C=O) groups is 3. The largest absolute Gasteiger partial charge is 0.480 e. The SMILES string of the molecule is CCC1[C@@H]2CCC(=O)C[C@@H]2C[C@@H](C(=O)O)N1C(=O)OC(C)(C)C. The zero-order valence-corrected chi connectivity index (χ0v) is 14.4. The molecule has 1 N–H and O–H groups in total. The van der Waals surface area contributed by atoms with E-state index in [0.717, 1.165) is 6.42 Å². The van der Waals surface area contributed by atoms with Crippen molar-refractivity contribution in [3.63, 3.8) is 0 Å². The van der Waals surface area contributed by atoms with Crippen LogP contribution in [0.15, 0.2) is 0 Å². The lowest BCUT2D eigenvalue weighted by atomic mass is 9.68. The van der Waals surface area contributed by atoms with E-state index in [-0.39, 0.29) is 23.7 Å². The Hall–Kier alpha value is -1.59. The number of Topliss-reactive ketones (excluding diaryl/α,β-unsaturated/α-hetero) is 1. The summed E-state index contributed by atoms with van der Waals surface area (Å²) < 4.78 is 5.45. The van der Waals surface area contributed by atoms with Gasteiger partial charge in [-0.25, -0.2) is 9.59 Å². The molecule has 0 aromatic carbocycles. The van der Waals surface area contributed by atoms with Gasteiger partial charge >= 0.3 is 12.1 Å². The second-order valence-corrected chi connectivity index (χ2v) is 7.66. The smallest absolute Gasteiger partial charge is 0.411 e. The molecule has 1 heterocycles. The van der Waals surface area contributed by atoms with Crippen molar-refractivity contribution in [3.05, 3.63) is 0 Å². The molecule has 2 rings (SSSR count). The van der Waals surface area contributed by atoms with Gasteiger partial charge in [-0.15, -0.1) is 0 Å². The number of nitrogens with zero attached hydrogens (tertiary/aromatic N) is 1. The monoisotopic (exact) mass is 325 g/mol. The Kier molecular flexibility index (Phi) is 5.01. The third-order valence-electron chi connectivity index (χ3n) is 4.87. The maximum absolute atomic E-state index is 12.6. The predicted molar refractivity (Wildman–Crippen MR) is 84.0 cm³/mol. The van der Waals surface area contributed by atoms with E-state index in [1.54, 1.807) is 20.8 Å². The van der Waals surface area contributed by atoms with Crippen molar-refractivity contribution in [3.8, 4) is 0 Å². The molecule has 6 nitrogen and oxygen atoms in total. The minimum absolute atomic E-state index is 0.0565. The van der Waals surface area contributed by atoms with Crippen LogP contribution in [0.1, 0.15) is 59.8 Å². The van der Waals surface area contributed by atoms with E-state index in [9.17, 15) is 19.5 Å². The van der Waals surface area contributed by atoms with E-state index in [2.05, 4.69) is 0 Å². The minimum atomic E-state index is -1.02. The van der Waals surface area contributed by atoms with Crippen LogP contribution in [0.2, 0.25) is 0 Å². The molecule has 1 amide bonds. The summed E-state index contributed by atoms with van der Waals surface area (Å²) in [4.78, 5) is 37.5. The number of piperidine rings is 1. The number of amides is 1. The summed E-state index contributed by atoms with van der Waals surface area (Å²) in [5.41, 5.74) is -0.669. The second-order valence-electron chi connectivity index (χ2n) is 7.66. The number of hydrogen-bond acceptors (Lipinski definition) is 4. The lowest BCUT2D eigenvalue weighted by Crippen LogP contribution is -2.60. The molecule has 0 bridgehead atoms. The van der Waals surface area contributed by atoms with Gasteiger partial charge in [0.2, 0.25) is 0 Å². The molecule has 0 aromatic heterocycles. The van der Waals surface area contributed by atoms with Gasteiger partial charge in [0.05, 0.1) is 0 Å². The topological polar surface area (TPSA) is 83.9 Å². The average molecular weight is 325 g/mol. The van der Waals surface area contributed by atoms with Crippen molar-refractivity contribution in [2.45, 2.75) is 77.5 Å². The van der Waals surface area contributed by atoms with Gasteiger partial charge in [-0.05, 0) is 51.9 Å². The minimum Gasteiger partial charge on any atom is -0.480 e. The van der Waals surface area contributed by atoms with Crippen LogP contribution < -0.4 is 0 Å². The number of ether oxygens (including phenoxy) is 1. The van der Waals surface area contributed by atoms with Crippen LogP contribution in [0.5, 0.6) is 0 Å². The number of carboxylic acids is 1. The molecule has 1 saturated carbocycles. The van der Waals surface area contributed by atoms with Crippen molar-refractivity contribution in [2.75, 3.05) is 0 Å². The number of fused-ring (bicyclic) bond motifs is 1. The third-order valence-corrected chi connectivity index (χ3v) is 4.87. The van der Waals surface area contributed by atoms with E-state index in [1.165, 1.54) is 4.90 Å². The Balaban J connectivity index is 2.30. The van der Waals surface area contributed by atoms with E-state index < -0.39 is 23.7 Å². The van der Waals surface area contributed by atoms with Crippen LogP contribution in [0.3, 0.4) is 0 Å². The van der Waals surface area contributed by atoms with Gasteiger partial charge in [-0.1, -0.05) is 6.92 Å². The predicted octanol–water partition coefficient (Wildman–Crippen LogP) is 2.84. The van der Waals surface area contributed by atoms with Gasteiger partial charge in [0.1, 0.15) is 17.4 Å². The molecule has 0 spiro atoms. The summed E-state index contributed by atoms with van der Waals surface area (Å²) in [7, 11) is 0. The van der Waals surface area contributed by atoms with Gasteiger partial charge in [0.25, 0.3) is 0 Å². The van der Waals surface area contributed by atoms with Gasteiger partial charge in [-0.2, -0.15) is 0 Å². The molecule has 1 unspecified atom stereocenters. The fourth-order valence-corrected chi connectivity index (χ4v) is 4.01. The molecule has 1 aliphatic heterocycles. The molecule has 6 heteroatoms. The van der Waals surface area contributed by atoms with Crippen molar-refractivity contribution in [2.24, 2.45) is 11.8 Å². The molecular formula is C17H27NO5. The summed E-state index contributed by atoms with van der Waals surface area (Å²) in [5.74, 6) is -0.580. The van der Waals surface area contributed by atoms with Crippen LogP contribution in [-0.2, 0) is 14.3 Å². The lowest BCUT2D eigenvalue weighted by Gasteiger charge is -2.49. The van der Waals surface area contributed by atoms with Crippen LogP contribution in [0, 0.1) is 11.8 Å². The normalized spacial score (nSPS) is 31.5. The maximum Gasteiger partial charge on any atom is 0.411 e. The first-order valence-corrected chi connectivity index (χ1v) is 8.40. The molecule has 23 heavy (non-hydrogen) atoms. The Morgan fingerprint density at radius 2 is 2.00 bits per heavy atom. The average Bonchev–Trinajstić information content (AvgIpc) is 2.42. The number of aliphatic carboxylic acids is 1. The quantitative estimate of drug-likeness (QED) is 0.844. The highest BCUT2D eigenvalue weighted by atomic mass is 16.6. The Morgan fingerprint density at radius 3 is 2.52 bits per heavy atom. The Labute approximate surface area is 137 Å². The van der Waals surface area contributed by atoms with Crippen LogP contribution >= 0.6 is 0 Å². The Bertz CT molecular complexity index is 496. The summed E-state index contributed by atoms with van der Waals surface area (Å²) in [6, 6.07) is -1.10. The van der Waals surface area contributed by atoms with E-state index in [4.69, 9.17) is 4.74 Å². The Morgan fingerprint density at radius 1 is 1.35 bits per heavy atom. The number of ketones is 1. The van der Waals surface area contributed by atoms with Crippen molar-refractivity contribution >= 4 is 17.8 Å². The van der Waals surface area contributed by atoms with E-state index in [1.807, 2.05) is 6.92 Å². The number of carboxylic acid groups (broad SMARTS) is 1. The zero-order chi connectivity index (χ0) is 17.4. The molecule has 2 fully saturated rings. The van der Waals surface area contributed by atoms with E-state index >= 15 is 0 Å². The lowest BCUT2D eigenvalue weighted by molar-refractivity contribution is -0.151. The summed E-state index contributed by atoms with van der Waals surface area (Å²) in [6.07, 6.45) is 2.13. The van der Waals surface area contributed by atoms with Crippen LogP contribution in [0.25, 0.3) is 0 Å². The molecule has 4 atom stereocenters. The number of rotatable bonds is 2. The zero-order valence-electron chi connectivity index (χ0n) is 14.4. The molecule has 1 aliphatic carbocycles. The maximum atomic E-state index is 12.6. The molecular weight excluding hydrogens is 298 g/mol. The first kappa shape index (κ1) is 17.8. The van der Waals surface area contributed by atoms with Gasteiger partial charge in [-0.3, -0.25) is 9.69 Å². The highest BCUT2D eigenvalue weighted by molar-refractivity contribution is 5.82. The molecule has 0 aromatic rings. The van der Waals surface area contributed by atoms with Gasteiger partial charge < -0.3 is 9.84 Å². The highest BCUT2D eigenvalue weighted by Crippen LogP contribution is 2.42. The first-order valence-electron chi connectivity index (χ1n) is 8.40. The molecule has 130 valence electrons. The summed E-state index contributed by atoms with van der Waals surface area (Å²) in [6.45, 7) is 7.27. The molecule has 1 saturated heterocycles. The fraction of sp³-hybridized carbons (Fsp3) is 0.824. The standard InChI is InChI=1S/C17H27NO5/c1-5-13-12-7-6-11(19)8-10(12)9-14(15(20)21)18(13)16(22)23-17(2,3)4/h10,12-14H,5-9H2,1-4H3,(H,20,21)/t10-,12-,13?,14+/m1/s1. The molecule has 0 radical (unpaired) electrons. The second kappa shape index (κ2) is 6.49. The van der Waals surface area contributed by atoms with Crippen molar-refractivity contribution in [1.29, 1.82) is 0 Å². The highest BCUT2D eigenvalue weighted by Gasteiger charge is 2.49. The van der Waals surface area contributed by atoms with Gasteiger partial charge in [0.15, 0.2) is 0 Å². The first-order chi connectivity index (χ1) is 10.6. The third kappa shape index (κ3) is 3.85. The number of likely N-dealkylation sites (tertiary alicyclic amines) is 1.